The number of ether oxygens (including phenoxy) is 1. The molecule has 1 aromatic carbocycles. The highest BCUT2D eigenvalue weighted by Crippen LogP contribution is 2.40. The average Bonchev–Trinajstić information content (AvgIpc) is 2.92. The van der Waals surface area contributed by atoms with Gasteiger partial charge in [0.15, 0.2) is 5.11 Å². The predicted octanol–water partition coefficient (Wildman–Crippen LogP) is 5.07. The third-order valence-electron chi connectivity index (χ3n) is 4.23. The summed E-state index contributed by atoms with van der Waals surface area (Å²) < 4.78 is 6.17. The van der Waals surface area contributed by atoms with Crippen molar-refractivity contribution < 1.29 is 9.53 Å². The van der Waals surface area contributed by atoms with Gasteiger partial charge in [0, 0.05) is 14.1 Å². The molecule has 132 valence electrons. The number of rotatable bonds is 3. The zero-order chi connectivity index (χ0) is 18.0. The minimum absolute atomic E-state index is 0.299. The van der Waals surface area contributed by atoms with E-state index in [2.05, 4.69) is 40.1 Å². The monoisotopic (exact) mass is 486 g/mol. The van der Waals surface area contributed by atoms with E-state index in [1.165, 1.54) is 12.0 Å². The van der Waals surface area contributed by atoms with E-state index < -0.39 is 0 Å². The van der Waals surface area contributed by atoms with Gasteiger partial charge in [-0.15, -0.1) is 11.3 Å². The van der Waals surface area contributed by atoms with Gasteiger partial charge in [0.25, 0.3) is 0 Å². The highest BCUT2D eigenvalue weighted by molar-refractivity contribution is 14.1. The number of hydrogen-bond donors (Lipinski definition) is 2. The molecule has 1 heterocycles. The van der Waals surface area contributed by atoms with Crippen LogP contribution in [0.15, 0.2) is 24.3 Å². The fourth-order valence-corrected chi connectivity index (χ4v) is 5.00. The zero-order valence-electron chi connectivity index (χ0n) is 14.0. The lowest BCUT2D eigenvalue weighted by molar-refractivity contribution is 0.0601. The molecule has 0 aliphatic heterocycles. The molecule has 0 fully saturated rings. The van der Waals surface area contributed by atoms with Crippen LogP contribution >= 0.6 is 46.1 Å². The van der Waals surface area contributed by atoms with Gasteiger partial charge in [0.2, 0.25) is 0 Å². The Morgan fingerprint density at radius 2 is 2.04 bits per heavy atom. The first-order valence-corrected chi connectivity index (χ1v) is 10.3. The van der Waals surface area contributed by atoms with Gasteiger partial charge in [-0.1, -0.05) is 6.92 Å². The second-order valence-electron chi connectivity index (χ2n) is 6.13. The standard InChI is InChI=1S/C18H19IN2O2S2/c1-10-3-8-13-14(9-10)25-16(15(13)17(22)23-2)21-18(24)20-12-6-4-11(19)5-7-12/h4-7,10H,3,8-9H2,1-2H3,(H2,20,21,24). The second kappa shape index (κ2) is 8.01. The van der Waals surface area contributed by atoms with Crippen LogP contribution in [0.2, 0.25) is 0 Å². The summed E-state index contributed by atoms with van der Waals surface area (Å²) in [7, 11) is 1.42. The maximum atomic E-state index is 12.3. The van der Waals surface area contributed by atoms with Crippen LogP contribution in [0.1, 0.15) is 34.1 Å². The van der Waals surface area contributed by atoms with E-state index in [4.69, 9.17) is 17.0 Å². The van der Waals surface area contributed by atoms with Crippen LogP contribution in [0.25, 0.3) is 0 Å². The smallest absolute Gasteiger partial charge is 0.341 e. The Morgan fingerprint density at radius 1 is 1.32 bits per heavy atom. The number of carbonyl (C=O) groups excluding carboxylic acids is 1. The van der Waals surface area contributed by atoms with Gasteiger partial charge in [0.1, 0.15) is 5.00 Å². The Bertz CT molecular complexity index is 802. The number of thiocarbonyl (C=S) groups is 1. The molecule has 2 N–H and O–H groups in total. The minimum Gasteiger partial charge on any atom is -0.465 e. The number of fused-ring (bicyclic) bond motifs is 1. The number of methoxy groups -OCH3 is 1. The summed E-state index contributed by atoms with van der Waals surface area (Å²) in [6.45, 7) is 2.25. The maximum absolute atomic E-state index is 12.3. The number of hydrogen-bond acceptors (Lipinski definition) is 4. The molecule has 4 nitrogen and oxygen atoms in total. The Hall–Kier alpha value is -1.19. The molecular formula is C18H19IN2O2S2. The molecule has 0 spiro atoms. The summed E-state index contributed by atoms with van der Waals surface area (Å²) in [5.41, 5.74) is 2.67. The molecule has 0 bridgehead atoms. The Kier molecular flexibility index (Phi) is 5.96. The van der Waals surface area contributed by atoms with Gasteiger partial charge in [0.05, 0.1) is 12.7 Å². The number of esters is 1. The van der Waals surface area contributed by atoms with Crippen LogP contribution in [0, 0.1) is 9.49 Å². The maximum Gasteiger partial charge on any atom is 0.341 e. The summed E-state index contributed by atoms with van der Waals surface area (Å²) in [4.78, 5) is 13.6. The summed E-state index contributed by atoms with van der Waals surface area (Å²) in [6, 6.07) is 7.96. The number of thiophene rings is 1. The first-order chi connectivity index (χ1) is 12.0. The van der Waals surface area contributed by atoms with Gasteiger partial charge >= 0.3 is 5.97 Å². The third kappa shape index (κ3) is 4.32. The molecule has 0 amide bonds. The molecule has 1 aliphatic rings. The molecule has 0 radical (unpaired) electrons. The van der Waals surface area contributed by atoms with E-state index in [-0.39, 0.29) is 5.97 Å². The van der Waals surface area contributed by atoms with Gasteiger partial charge in [-0.2, -0.15) is 0 Å². The fourth-order valence-electron chi connectivity index (χ4n) is 2.96. The summed E-state index contributed by atoms with van der Waals surface area (Å²) in [5, 5.41) is 7.60. The third-order valence-corrected chi connectivity index (χ3v) is 6.32. The lowest BCUT2D eigenvalue weighted by atomic mass is 9.88. The van der Waals surface area contributed by atoms with Crippen LogP contribution in [0.3, 0.4) is 0 Å². The highest BCUT2D eigenvalue weighted by Gasteiger charge is 2.28. The van der Waals surface area contributed by atoms with Crippen LogP contribution < -0.4 is 10.6 Å². The average molecular weight is 486 g/mol. The molecule has 1 aliphatic carbocycles. The normalized spacial score (nSPS) is 16.0. The molecule has 25 heavy (non-hydrogen) atoms. The van der Waals surface area contributed by atoms with Crippen molar-refractivity contribution in [2.75, 3.05) is 17.7 Å². The highest BCUT2D eigenvalue weighted by atomic mass is 127. The number of anilines is 2. The second-order valence-corrected chi connectivity index (χ2v) is 8.89. The lowest BCUT2D eigenvalue weighted by Gasteiger charge is -2.18. The van der Waals surface area contributed by atoms with Gasteiger partial charge < -0.3 is 15.4 Å². The van der Waals surface area contributed by atoms with Crippen molar-refractivity contribution in [2.24, 2.45) is 5.92 Å². The van der Waals surface area contributed by atoms with E-state index in [0.29, 0.717) is 16.6 Å². The fraction of sp³-hybridized carbons (Fsp3) is 0.333. The molecule has 1 aromatic heterocycles. The number of carbonyl (C=O) groups is 1. The van der Waals surface area contributed by atoms with Gasteiger partial charge in [-0.05, 0) is 89.8 Å². The van der Waals surface area contributed by atoms with Crippen molar-refractivity contribution in [3.63, 3.8) is 0 Å². The Labute approximate surface area is 170 Å². The first-order valence-electron chi connectivity index (χ1n) is 8.04. The number of benzene rings is 1. The quantitative estimate of drug-likeness (QED) is 0.361. The Morgan fingerprint density at radius 3 is 2.72 bits per heavy atom. The van der Waals surface area contributed by atoms with Crippen LogP contribution in [0.5, 0.6) is 0 Å². The van der Waals surface area contributed by atoms with Crippen molar-refractivity contribution in [2.45, 2.75) is 26.2 Å². The van der Waals surface area contributed by atoms with Crippen molar-refractivity contribution in [1.82, 2.24) is 0 Å². The summed E-state index contributed by atoms with van der Waals surface area (Å²) in [5.74, 6) is 0.341. The molecule has 2 aromatic rings. The van der Waals surface area contributed by atoms with Crippen LogP contribution in [-0.4, -0.2) is 18.2 Å². The minimum atomic E-state index is -0.299. The van der Waals surface area contributed by atoms with E-state index in [9.17, 15) is 4.79 Å². The van der Waals surface area contributed by atoms with Gasteiger partial charge in [-0.25, -0.2) is 4.79 Å². The van der Waals surface area contributed by atoms with E-state index >= 15 is 0 Å². The Balaban J connectivity index is 1.82. The molecule has 3 rings (SSSR count). The van der Waals surface area contributed by atoms with Crippen molar-refractivity contribution in [1.29, 1.82) is 0 Å². The lowest BCUT2D eigenvalue weighted by Crippen LogP contribution is -2.20. The molecular weight excluding hydrogens is 467 g/mol. The van der Waals surface area contributed by atoms with Crippen molar-refractivity contribution in [3.8, 4) is 0 Å². The summed E-state index contributed by atoms with van der Waals surface area (Å²) in [6.07, 6.45) is 3.01. The molecule has 0 saturated heterocycles. The first kappa shape index (κ1) is 18.6. The molecule has 1 unspecified atom stereocenters. The van der Waals surface area contributed by atoms with Crippen molar-refractivity contribution >= 4 is 67.9 Å². The van der Waals surface area contributed by atoms with E-state index in [1.807, 2.05) is 24.3 Å². The topological polar surface area (TPSA) is 50.4 Å². The predicted molar refractivity (Wildman–Crippen MR) is 116 cm³/mol. The van der Waals surface area contributed by atoms with Gasteiger partial charge in [-0.3, -0.25) is 0 Å². The number of nitrogens with one attached hydrogen (secondary N) is 2. The SMILES string of the molecule is COC(=O)c1c(NC(=S)Nc2ccc(I)cc2)sc2c1CCC(C)C2. The molecule has 7 heteroatoms. The van der Waals surface area contributed by atoms with Crippen molar-refractivity contribution in [3.05, 3.63) is 43.8 Å². The zero-order valence-corrected chi connectivity index (χ0v) is 17.8. The summed E-state index contributed by atoms with van der Waals surface area (Å²) >= 11 is 9.30. The van der Waals surface area contributed by atoms with Crippen LogP contribution in [-0.2, 0) is 17.6 Å². The van der Waals surface area contributed by atoms with Crippen LogP contribution in [0.4, 0.5) is 10.7 Å². The molecule has 0 saturated carbocycles. The largest absolute Gasteiger partial charge is 0.465 e. The molecule has 1 atom stereocenters. The number of halogens is 1. The van der Waals surface area contributed by atoms with E-state index in [1.54, 1.807) is 11.3 Å². The van der Waals surface area contributed by atoms with E-state index in [0.717, 1.165) is 39.1 Å².